The number of unbranched alkanes of at least 4 members (excludes halogenated alkanes) is 1. The van der Waals surface area contributed by atoms with Crippen LogP contribution in [0.4, 0.5) is 0 Å². The number of carbonyl (C=O) groups is 1. The van der Waals surface area contributed by atoms with Crippen LogP contribution in [-0.2, 0) is 6.42 Å². The third-order valence-corrected chi connectivity index (χ3v) is 5.68. The standard InChI is InChI=1S/C28H30O/c1-5-27(29)26-19-10-13-21(3)28(26)22(4)20(2)12-6-7-14-23-16-11-17-24-15-8-9-18-25(23)24/h8-11,13,15-19H,2,4-7,12,14H2,1,3H3. The zero-order valence-corrected chi connectivity index (χ0v) is 17.6. The summed E-state index contributed by atoms with van der Waals surface area (Å²) in [7, 11) is 0. The summed E-state index contributed by atoms with van der Waals surface area (Å²) in [5.41, 5.74) is 6.17. The maximum Gasteiger partial charge on any atom is 0.163 e. The second-order valence-corrected chi connectivity index (χ2v) is 7.70. The third kappa shape index (κ3) is 4.74. The fourth-order valence-electron chi connectivity index (χ4n) is 3.98. The summed E-state index contributed by atoms with van der Waals surface area (Å²) in [5.74, 6) is 0.161. The molecule has 0 fully saturated rings. The largest absolute Gasteiger partial charge is 0.294 e. The first kappa shape index (κ1) is 20.8. The Morgan fingerprint density at radius 1 is 0.897 bits per heavy atom. The lowest BCUT2D eigenvalue weighted by Crippen LogP contribution is -2.04. The lowest BCUT2D eigenvalue weighted by molar-refractivity contribution is 0.0988. The number of aryl methyl sites for hydroxylation is 2. The van der Waals surface area contributed by atoms with Gasteiger partial charge in [-0.15, -0.1) is 0 Å². The van der Waals surface area contributed by atoms with Crippen LogP contribution in [0.1, 0.15) is 59.7 Å². The van der Waals surface area contributed by atoms with Crippen LogP contribution >= 0.6 is 0 Å². The van der Waals surface area contributed by atoms with E-state index in [1.807, 2.05) is 32.0 Å². The highest BCUT2D eigenvalue weighted by Gasteiger charge is 2.15. The Hall–Kier alpha value is -2.93. The zero-order valence-electron chi connectivity index (χ0n) is 17.6. The molecule has 0 aliphatic rings. The summed E-state index contributed by atoms with van der Waals surface area (Å²) < 4.78 is 0. The van der Waals surface area contributed by atoms with Gasteiger partial charge in [0, 0.05) is 12.0 Å². The van der Waals surface area contributed by atoms with E-state index < -0.39 is 0 Å². The molecule has 0 aromatic heterocycles. The summed E-state index contributed by atoms with van der Waals surface area (Å²) in [6.45, 7) is 12.5. The quantitative estimate of drug-likeness (QED) is 0.210. The Bertz CT molecular complexity index is 1050. The smallest absolute Gasteiger partial charge is 0.163 e. The molecule has 0 aliphatic heterocycles. The van der Waals surface area contributed by atoms with Gasteiger partial charge in [-0.05, 0) is 71.2 Å². The molecule has 1 nitrogen and oxygen atoms in total. The van der Waals surface area contributed by atoms with Crippen molar-refractivity contribution in [2.75, 3.05) is 0 Å². The summed E-state index contributed by atoms with van der Waals surface area (Å²) in [6.07, 6.45) is 4.63. The molecule has 0 radical (unpaired) electrons. The molecule has 0 saturated heterocycles. The molecule has 29 heavy (non-hydrogen) atoms. The predicted octanol–water partition coefficient (Wildman–Crippen LogP) is 7.72. The van der Waals surface area contributed by atoms with Gasteiger partial charge < -0.3 is 0 Å². The number of hydrogen-bond acceptors (Lipinski definition) is 1. The highest BCUT2D eigenvalue weighted by molar-refractivity contribution is 6.02. The van der Waals surface area contributed by atoms with Gasteiger partial charge in [0.25, 0.3) is 0 Å². The van der Waals surface area contributed by atoms with Crippen LogP contribution in [0.5, 0.6) is 0 Å². The SMILES string of the molecule is C=C(CCCCc1cccc2ccccc12)C(=C)c1c(C)cccc1C(=O)CC. The first-order valence-electron chi connectivity index (χ1n) is 10.5. The van der Waals surface area contributed by atoms with Gasteiger partial charge in [-0.2, -0.15) is 0 Å². The molecule has 0 amide bonds. The number of rotatable bonds is 9. The number of hydrogen-bond donors (Lipinski definition) is 0. The van der Waals surface area contributed by atoms with E-state index in [1.54, 1.807) is 0 Å². The summed E-state index contributed by atoms with van der Waals surface area (Å²) in [5, 5.41) is 2.65. The van der Waals surface area contributed by atoms with Gasteiger partial charge in [-0.25, -0.2) is 0 Å². The van der Waals surface area contributed by atoms with Gasteiger partial charge in [0.15, 0.2) is 5.78 Å². The van der Waals surface area contributed by atoms with E-state index in [2.05, 4.69) is 55.6 Å². The monoisotopic (exact) mass is 382 g/mol. The van der Waals surface area contributed by atoms with Crippen LogP contribution < -0.4 is 0 Å². The van der Waals surface area contributed by atoms with Gasteiger partial charge >= 0.3 is 0 Å². The number of benzene rings is 3. The lowest BCUT2D eigenvalue weighted by Gasteiger charge is -2.16. The van der Waals surface area contributed by atoms with Gasteiger partial charge in [0.2, 0.25) is 0 Å². The van der Waals surface area contributed by atoms with Crippen molar-refractivity contribution in [3.8, 4) is 0 Å². The lowest BCUT2D eigenvalue weighted by atomic mass is 9.88. The highest BCUT2D eigenvalue weighted by atomic mass is 16.1. The zero-order chi connectivity index (χ0) is 20.8. The molecule has 0 saturated carbocycles. The average molecular weight is 383 g/mol. The molecular formula is C28H30O. The second-order valence-electron chi connectivity index (χ2n) is 7.70. The molecule has 3 aromatic carbocycles. The molecule has 0 N–H and O–H groups in total. The second kappa shape index (κ2) is 9.52. The van der Waals surface area contributed by atoms with E-state index in [1.165, 1.54) is 16.3 Å². The molecule has 0 unspecified atom stereocenters. The van der Waals surface area contributed by atoms with Crippen molar-refractivity contribution in [2.45, 2.75) is 46.0 Å². The minimum atomic E-state index is 0.161. The van der Waals surface area contributed by atoms with Crippen LogP contribution in [0.2, 0.25) is 0 Å². The Kier molecular flexibility index (Phi) is 6.82. The first-order valence-corrected chi connectivity index (χ1v) is 10.5. The van der Waals surface area contributed by atoms with Crippen molar-refractivity contribution < 1.29 is 4.79 Å². The molecule has 3 aromatic rings. The van der Waals surface area contributed by atoms with Gasteiger partial charge in [-0.3, -0.25) is 4.79 Å². The Balaban J connectivity index is 1.63. The fraction of sp³-hybridized carbons (Fsp3) is 0.250. The minimum Gasteiger partial charge on any atom is -0.294 e. The Labute approximate surface area is 174 Å². The molecule has 3 rings (SSSR count). The van der Waals surface area contributed by atoms with Gasteiger partial charge in [-0.1, -0.05) is 80.7 Å². The van der Waals surface area contributed by atoms with Crippen LogP contribution in [0.25, 0.3) is 16.3 Å². The van der Waals surface area contributed by atoms with Crippen LogP contribution in [0, 0.1) is 6.92 Å². The minimum absolute atomic E-state index is 0.161. The number of carbonyl (C=O) groups excluding carboxylic acids is 1. The van der Waals surface area contributed by atoms with E-state index in [9.17, 15) is 4.79 Å². The molecule has 1 heteroatoms. The van der Waals surface area contributed by atoms with Crippen molar-refractivity contribution in [2.24, 2.45) is 0 Å². The van der Waals surface area contributed by atoms with E-state index >= 15 is 0 Å². The third-order valence-electron chi connectivity index (χ3n) is 5.68. The molecule has 0 aliphatic carbocycles. The molecule has 0 heterocycles. The van der Waals surface area contributed by atoms with Crippen LogP contribution in [-0.4, -0.2) is 5.78 Å². The normalized spacial score (nSPS) is 10.8. The van der Waals surface area contributed by atoms with Gasteiger partial charge in [0.1, 0.15) is 0 Å². The number of allylic oxidation sites excluding steroid dienone is 2. The Morgan fingerprint density at radius 2 is 1.62 bits per heavy atom. The Morgan fingerprint density at radius 3 is 2.41 bits per heavy atom. The number of Topliss-reactive ketones (excluding diaryl/α,β-unsaturated/α-hetero) is 1. The van der Waals surface area contributed by atoms with E-state index in [0.29, 0.717) is 6.42 Å². The van der Waals surface area contributed by atoms with Crippen molar-refractivity contribution in [1.82, 2.24) is 0 Å². The van der Waals surface area contributed by atoms with Crippen molar-refractivity contribution >= 4 is 22.1 Å². The summed E-state index contributed by atoms with van der Waals surface area (Å²) in [6, 6.07) is 21.0. The highest BCUT2D eigenvalue weighted by Crippen LogP contribution is 2.30. The molecule has 0 spiro atoms. The van der Waals surface area contributed by atoms with E-state index in [0.717, 1.165) is 53.5 Å². The number of fused-ring (bicyclic) bond motifs is 1. The van der Waals surface area contributed by atoms with Crippen molar-refractivity contribution in [3.05, 3.63) is 102 Å². The van der Waals surface area contributed by atoms with Crippen molar-refractivity contribution in [1.29, 1.82) is 0 Å². The van der Waals surface area contributed by atoms with Crippen molar-refractivity contribution in [3.63, 3.8) is 0 Å². The van der Waals surface area contributed by atoms with Crippen LogP contribution in [0.15, 0.2) is 79.4 Å². The molecule has 0 bridgehead atoms. The molecule has 0 atom stereocenters. The van der Waals surface area contributed by atoms with Gasteiger partial charge in [0.05, 0.1) is 0 Å². The fourth-order valence-corrected chi connectivity index (χ4v) is 3.98. The topological polar surface area (TPSA) is 17.1 Å². The average Bonchev–Trinajstić information content (AvgIpc) is 2.75. The maximum atomic E-state index is 12.4. The summed E-state index contributed by atoms with van der Waals surface area (Å²) >= 11 is 0. The molecule has 148 valence electrons. The molecular weight excluding hydrogens is 352 g/mol. The first-order chi connectivity index (χ1) is 14.0. The summed E-state index contributed by atoms with van der Waals surface area (Å²) in [4.78, 5) is 12.4. The maximum absolute atomic E-state index is 12.4. The van der Waals surface area contributed by atoms with E-state index in [-0.39, 0.29) is 5.78 Å². The number of ketones is 1. The van der Waals surface area contributed by atoms with E-state index in [4.69, 9.17) is 0 Å². The van der Waals surface area contributed by atoms with Crippen LogP contribution in [0.3, 0.4) is 0 Å². The predicted molar refractivity (Wildman–Crippen MR) is 125 cm³/mol.